The van der Waals surface area contributed by atoms with Crippen LogP contribution in [-0.4, -0.2) is 35.0 Å². The molecule has 6 nitrogen and oxygen atoms in total. The van der Waals surface area contributed by atoms with E-state index in [0.717, 1.165) is 11.1 Å². The minimum Gasteiger partial charge on any atom is -0.351 e. The van der Waals surface area contributed by atoms with Gasteiger partial charge in [0.05, 0.1) is 11.3 Å². The summed E-state index contributed by atoms with van der Waals surface area (Å²) in [7, 11) is 0. The lowest BCUT2D eigenvalue weighted by atomic mass is 9.93. The number of anilines is 1. The van der Waals surface area contributed by atoms with E-state index >= 15 is 0 Å². The maximum absolute atomic E-state index is 13.9. The number of carbonyl (C=O) groups is 2. The van der Waals surface area contributed by atoms with Gasteiger partial charge in [-0.25, -0.2) is 4.39 Å². The highest BCUT2D eigenvalue weighted by Crippen LogP contribution is 2.29. The van der Waals surface area contributed by atoms with Gasteiger partial charge in [0.15, 0.2) is 0 Å². The Hall–Kier alpha value is -3.48. The van der Waals surface area contributed by atoms with Crippen LogP contribution in [0, 0.1) is 19.7 Å². The molecule has 0 spiro atoms. The van der Waals surface area contributed by atoms with Crippen molar-refractivity contribution in [3.05, 3.63) is 82.5 Å². The largest absolute Gasteiger partial charge is 0.351 e. The highest BCUT2D eigenvalue weighted by atomic mass is 19.1. The Morgan fingerprint density at radius 2 is 1.81 bits per heavy atom. The molecule has 2 heterocycles. The number of likely N-dealkylation sites (tertiary alicyclic amines) is 1. The molecule has 0 radical (unpaired) electrons. The number of piperidine rings is 1. The number of aromatic nitrogens is 1. The van der Waals surface area contributed by atoms with Gasteiger partial charge in [-0.05, 0) is 62.1 Å². The van der Waals surface area contributed by atoms with E-state index in [9.17, 15) is 14.0 Å². The van der Waals surface area contributed by atoms with Gasteiger partial charge >= 0.3 is 0 Å². The number of benzene rings is 2. The third-order valence-corrected chi connectivity index (χ3v) is 5.82. The zero-order valence-corrected chi connectivity index (χ0v) is 17.5. The van der Waals surface area contributed by atoms with Gasteiger partial charge in [0.25, 0.3) is 11.8 Å². The van der Waals surface area contributed by atoms with Gasteiger partial charge in [0, 0.05) is 30.8 Å². The summed E-state index contributed by atoms with van der Waals surface area (Å²) in [6.45, 7) is 4.99. The quantitative estimate of drug-likeness (QED) is 0.662. The number of rotatable bonds is 4. The number of hydrogen-bond donors (Lipinski definition) is 1. The predicted molar refractivity (Wildman–Crippen MR) is 115 cm³/mol. The molecule has 1 N–H and O–H groups in total. The molecule has 1 aliphatic heterocycles. The first-order valence-corrected chi connectivity index (χ1v) is 10.3. The topological polar surface area (TPSA) is 75.4 Å². The summed E-state index contributed by atoms with van der Waals surface area (Å²) in [6, 6.07) is 13.4. The fourth-order valence-electron chi connectivity index (χ4n) is 3.78. The van der Waals surface area contributed by atoms with E-state index in [-0.39, 0.29) is 29.1 Å². The van der Waals surface area contributed by atoms with Crippen LogP contribution in [0.3, 0.4) is 0 Å². The zero-order chi connectivity index (χ0) is 22.0. The zero-order valence-electron chi connectivity index (χ0n) is 17.5. The Labute approximate surface area is 180 Å². The van der Waals surface area contributed by atoms with Gasteiger partial charge in [0.1, 0.15) is 5.82 Å². The van der Waals surface area contributed by atoms with E-state index in [4.69, 9.17) is 4.52 Å². The van der Waals surface area contributed by atoms with Gasteiger partial charge in [-0.2, -0.15) is 0 Å². The monoisotopic (exact) mass is 421 g/mol. The average molecular weight is 421 g/mol. The van der Waals surface area contributed by atoms with Crippen LogP contribution in [0.4, 0.5) is 10.1 Å². The number of nitrogens with one attached hydrogen (secondary N) is 1. The summed E-state index contributed by atoms with van der Waals surface area (Å²) >= 11 is 0. The van der Waals surface area contributed by atoms with Crippen LogP contribution in [0.15, 0.2) is 53.1 Å². The highest BCUT2D eigenvalue weighted by molar-refractivity contribution is 6.02. The van der Waals surface area contributed by atoms with Crippen molar-refractivity contribution in [2.75, 3.05) is 18.4 Å². The average Bonchev–Trinajstić information content (AvgIpc) is 3.27. The van der Waals surface area contributed by atoms with Crippen LogP contribution in [0.25, 0.3) is 0 Å². The van der Waals surface area contributed by atoms with Crippen molar-refractivity contribution >= 4 is 17.5 Å². The van der Waals surface area contributed by atoms with Crippen LogP contribution in [0.2, 0.25) is 0 Å². The van der Waals surface area contributed by atoms with Crippen LogP contribution < -0.4 is 5.32 Å². The van der Waals surface area contributed by atoms with E-state index in [1.54, 1.807) is 23.1 Å². The summed E-state index contributed by atoms with van der Waals surface area (Å²) in [4.78, 5) is 26.7. The normalized spacial score (nSPS) is 14.5. The second kappa shape index (κ2) is 8.71. The summed E-state index contributed by atoms with van der Waals surface area (Å²) in [5.41, 5.74) is 3.73. The second-order valence-corrected chi connectivity index (χ2v) is 7.92. The maximum atomic E-state index is 13.9. The first kappa shape index (κ1) is 20.8. The minimum atomic E-state index is -0.509. The molecule has 0 bridgehead atoms. The molecule has 1 fully saturated rings. The fraction of sp³-hybridized carbons (Fsp3) is 0.292. The van der Waals surface area contributed by atoms with Crippen molar-refractivity contribution in [3.8, 4) is 0 Å². The number of aryl methyl sites for hydroxylation is 2. The Kier molecular flexibility index (Phi) is 5.84. The molecule has 0 atom stereocenters. The van der Waals surface area contributed by atoms with Gasteiger partial charge in [-0.15, -0.1) is 0 Å². The molecule has 2 aromatic carbocycles. The lowest BCUT2D eigenvalue weighted by molar-refractivity contribution is 0.0706. The summed E-state index contributed by atoms with van der Waals surface area (Å²) < 4.78 is 19.2. The van der Waals surface area contributed by atoms with E-state index in [2.05, 4.69) is 10.5 Å². The number of nitrogens with zero attached hydrogens (tertiary/aromatic N) is 2. The van der Waals surface area contributed by atoms with Gasteiger partial charge < -0.3 is 14.7 Å². The van der Waals surface area contributed by atoms with Crippen molar-refractivity contribution < 1.29 is 18.5 Å². The molecular weight excluding hydrogens is 397 g/mol. The Morgan fingerprint density at radius 3 is 2.52 bits per heavy atom. The molecule has 1 saturated heterocycles. The molecule has 2 amide bonds. The van der Waals surface area contributed by atoms with E-state index in [0.29, 0.717) is 37.3 Å². The minimum absolute atomic E-state index is 0.0802. The Morgan fingerprint density at radius 1 is 1.06 bits per heavy atom. The van der Waals surface area contributed by atoms with Crippen LogP contribution >= 0.6 is 0 Å². The third-order valence-electron chi connectivity index (χ3n) is 5.82. The molecular formula is C24H24FN3O3. The molecule has 0 aliphatic carbocycles. The van der Waals surface area contributed by atoms with Crippen LogP contribution in [0.5, 0.6) is 0 Å². The van der Waals surface area contributed by atoms with E-state index in [1.165, 1.54) is 12.1 Å². The number of hydrogen-bond acceptors (Lipinski definition) is 4. The fourth-order valence-corrected chi connectivity index (χ4v) is 3.78. The van der Waals surface area contributed by atoms with Crippen molar-refractivity contribution in [2.45, 2.75) is 32.6 Å². The third kappa shape index (κ3) is 4.50. The molecule has 1 aliphatic rings. The van der Waals surface area contributed by atoms with Crippen molar-refractivity contribution in [1.29, 1.82) is 0 Å². The molecule has 1 aromatic heterocycles. The number of carbonyl (C=O) groups excluding carboxylic acids is 2. The van der Waals surface area contributed by atoms with Crippen molar-refractivity contribution in [3.63, 3.8) is 0 Å². The maximum Gasteiger partial charge on any atom is 0.294 e. The summed E-state index contributed by atoms with van der Waals surface area (Å²) in [6.07, 6.45) is 1.34. The van der Waals surface area contributed by atoms with Gasteiger partial charge in [-0.3, -0.25) is 9.59 Å². The second-order valence-electron chi connectivity index (χ2n) is 7.92. The molecule has 160 valence electrons. The number of amides is 2. The molecule has 4 rings (SSSR count). The Balaban J connectivity index is 1.36. The Bertz CT molecular complexity index is 1120. The van der Waals surface area contributed by atoms with Crippen molar-refractivity contribution in [1.82, 2.24) is 10.1 Å². The smallest absolute Gasteiger partial charge is 0.294 e. The SMILES string of the molecule is Cc1ccc(NC(=O)c2cc(C3CCN(C(=O)c4ccccc4F)CC3)no2)cc1C. The van der Waals surface area contributed by atoms with Gasteiger partial charge in [0.2, 0.25) is 5.76 Å². The highest BCUT2D eigenvalue weighted by Gasteiger charge is 2.28. The van der Waals surface area contributed by atoms with E-state index < -0.39 is 5.82 Å². The van der Waals surface area contributed by atoms with Gasteiger partial charge in [-0.1, -0.05) is 23.4 Å². The predicted octanol–water partition coefficient (Wildman–Crippen LogP) is 4.70. The standard InChI is InChI=1S/C24H24FN3O3/c1-15-7-8-18(13-16(15)2)26-23(29)22-14-21(27-31-22)17-9-11-28(12-10-17)24(30)19-5-3-4-6-20(19)25/h3-8,13-14,17H,9-12H2,1-2H3,(H,26,29). The lowest BCUT2D eigenvalue weighted by Crippen LogP contribution is -2.38. The van der Waals surface area contributed by atoms with E-state index in [1.807, 2.05) is 32.0 Å². The molecule has 31 heavy (non-hydrogen) atoms. The molecule has 0 saturated carbocycles. The summed E-state index contributed by atoms with van der Waals surface area (Å²) in [5.74, 6) is -0.931. The first-order chi connectivity index (χ1) is 14.9. The number of halogens is 1. The lowest BCUT2D eigenvalue weighted by Gasteiger charge is -2.31. The van der Waals surface area contributed by atoms with Crippen LogP contribution in [-0.2, 0) is 0 Å². The molecule has 3 aromatic rings. The van der Waals surface area contributed by atoms with Crippen LogP contribution in [0.1, 0.15) is 56.5 Å². The first-order valence-electron chi connectivity index (χ1n) is 10.3. The summed E-state index contributed by atoms with van der Waals surface area (Å²) in [5, 5.41) is 6.90. The molecule has 7 heteroatoms. The molecule has 0 unspecified atom stereocenters. The van der Waals surface area contributed by atoms with Crippen molar-refractivity contribution in [2.24, 2.45) is 0 Å².